The number of hydrogen-bond acceptors (Lipinski definition) is 3. The average molecular weight is 355 g/mol. The van der Waals surface area contributed by atoms with Crippen LogP contribution in [0.1, 0.15) is 16.7 Å². The van der Waals surface area contributed by atoms with Crippen molar-refractivity contribution < 1.29 is 14.6 Å². The number of phenolic OH excluding ortho intramolecular Hbond substituents is 1. The van der Waals surface area contributed by atoms with Gasteiger partial charge in [0.15, 0.2) is 11.5 Å². The molecule has 0 aliphatic rings. The first kappa shape index (κ1) is 17.2. The Morgan fingerprint density at radius 1 is 0.720 bits per heavy atom. The molecule has 3 nitrogen and oxygen atoms in total. The summed E-state index contributed by atoms with van der Waals surface area (Å²) in [6, 6.07) is 23.0. The Morgan fingerprint density at radius 3 is 1.84 bits per heavy atom. The maximum absolute atomic E-state index is 10.3. The van der Waals surface area contributed by atoms with Crippen LogP contribution < -0.4 is 9.47 Å². The highest BCUT2D eigenvalue weighted by Crippen LogP contribution is 2.39. The molecule has 0 amide bonds. The van der Waals surface area contributed by atoms with Gasteiger partial charge in [0.25, 0.3) is 0 Å². The Bertz CT molecular complexity index is 804. The molecule has 0 atom stereocenters. The molecule has 0 saturated heterocycles. The summed E-state index contributed by atoms with van der Waals surface area (Å²) in [7, 11) is 0. The number of ether oxygens (including phenoxy) is 2. The molecule has 0 spiro atoms. The summed E-state index contributed by atoms with van der Waals surface area (Å²) >= 11 is 5.91. The minimum Gasteiger partial charge on any atom is -0.504 e. The largest absolute Gasteiger partial charge is 0.504 e. The van der Waals surface area contributed by atoms with E-state index in [9.17, 15) is 5.11 Å². The van der Waals surface area contributed by atoms with Crippen LogP contribution in [0.2, 0.25) is 0 Å². The molecule has 3 rings (SSSR count). The van der Waals surface area contributed by atoms with Crippen molar-refractivity contribution in [3.63, 3.8) is 0 Å². The summed E-state index contributed by atoms with van der Waals surface area (Å²) in [5.41, 5.74) is 2.82. The Labute approximate surface area is 152 Å². The number of aromatic hydroxyl groups is 1. The van der Waals surface area contributed by atoms with Crippen molar-refractivity contribution in [2.24, 2.45) is 0 Å². The van der Waals surface area contributed by atoms with Crippen LogP contribution in [0.5, 0.6) is 17.2 Å². The van der Waals surface area contributed by atoms with Gasteiger partial charge in [-0.15, -0.1) is 11.6 Å². The van der Waals surface area contributed by atoms with Crippen LogP contribution in [0.4, 0.5) is 0 Å². The molecule has 0 aliphatic carbocycles. The fourth-order valence-corrected chi connectivity index (χ4v) is 2.59. The molecule has 1 N–H and O–H groups in total. The van der Waals surface area contributed by atoms with E-state index in [2.05, 4.69) is 0 Å². The van der Waals surface area contributed by atoms with Gasteiger partial charge < -0.3 is 14.6 Å². The predicted octanol–water partition coefficient (Wildman–Crippen LogP) is 5.29. The molecule has 4 heteroatoms. The zero-order valence-corrected chi connectivity index (χ0v) is 14.4. The first-order valence-electron chi connectivity index (χ1n) is 8.01. The van der Waals surface area contributed by atoms with Gasteiger partial charge in [0.1, 0.15) is 13.2 Å². The van der Waals surface area contributed by atoms with Gasteiger partial charge in [-0.1, -0.05) is 60.7 Å². The molecule has 0 unspecified atom stereocenters. The van der Waals surface area contributed by atoms with Crippen LogP contribution in [0, 0.1) is 0 Å². The SMILES string of the molecule is Oc1cc(CCl)cc(OCc2ccccc2)c1OCc1ccccc1. The van der Waals surface area contributed by atoms with Crippen molar-refractivity contribution in [1.82, 2.24) is 0 Å². The van der Waals surface area contributed by atoms with Crippen molar-refractivity contribution in [2.45, 2.75) is 19.1 Å². The van der Waals surface area contributed by atoms with E-state index < -0.39 is 0 Å². The number of alkyl halides is 1. The molecule has 3 aromatic carbocycles. The second-order valence-electron chi connectivity index (χ2n) is 5.62. The number of phenols is 1. The Hall–Kier alpha value is -2.65. The quantitative estimate of drug-likeness (QED) is 0.586. The average Bonchev–Trinajstić information content (AvgIpc) is 2.67. The highest BCUT2D eigenvalue weighted by molar-refractivity contribution is 6.17. The molecule has 0 radical (unpaired) electrons. The van der Waals surface area contributed by atoms with E-state index in [-0.39, 0.29) is 11.6 Å². The van der Waals surface area contributed by atoms with Crippen LogP contribution in [-0.4, -0.2) is 5.11 Å². The van der Waals surface area contributed by atoms with Crippen molar-refractivity contribution in [3.8, 4) is 17.2 Å². The topological polar surface area (TPSA) is 38.7 Å². The third kappa shape index (κ3) is 4.68. The number of rotatable bonds is 7. The maximum Gasteiger partial charge on any atom is 0.203 e. The minimum atomic E-state index is 0.0251. The summed E-state index contributed by atoms with van der Waals surface area (Å²) < 4.78 is 11.7. The lowest BCUT2D eigenvalue weighted by Gasteiger charge is -2.15. The molecule has 25 heavy (non-hydrogen) atoms. The summed E-state index contributed by atoms with van der Waals surface area (Å²) in [5.74, 6) is 1.12. The van der Waals surface area contributed by atoms with Gasteiger partial charge >= 0.3 is 0 Å². The highest BCUT2D eigenvalue weighted by Gasteiger charge is 2.14. The fraction of sp³-hybridized carbons (Fsp3) is 0.143. The Balaban J connectivity index is 1.80. The number of hydrogen-bond donors (Lipinski definition) is 1. The summed E-state index contributed by atoms with van der Waals surface area (Å²) in [6.07, 6.45) is 0. The maximum atomic E-state index is 10.3. The molecular formula is C21H19ClO3. The van der Waals surface area contributed by atoms with E-state index in [1.165, 1.54) is 0 Å². The molecule has 128 valence electrons. The molecule has 0 bridgehead atoms. The van der Waals surface area contributed by atoms with Gasteiger partial charge in [-0.05, 0) is 28.8 Å². The summed E-state index contributed by atoms with van der Waals surface area (Å²) in [4.78, 5) is 0. The van der Waals surface area contributed by atoms with Gasteiger partial charge in [0.2, 0.25) is 5.75 Å². The van der Waals surface area contributed by atoms with Gasteiger partial charge in [0.05, 0.1) is 0 Å². The van der Waals surface area contributed by atoms with E-state index >= 15 is 0 Å². The molecule has 0 fully saturated rings. The molecule has 0 saturated carbocycles. The Kier molecular flexibility index (Phi) is 5.81. The first-order chi connectivity index (χ1) is 12.3. The summed E-state index contributed by atoms with van der Waals surface area (Å²) in [5, 5.41) is 10.3. The van der Waals surface area contributed by atoms with E-state index in [1.54, 1.807) is 12.1 Å². The van der Waals surface area contributed by atoms with Gasteiger partial charge in [-0.3, -0.25) is 0 Å². The lowest BCUT2D eigenvalue weighted by molar-refractivity contribution is 0.245. The molecule has 0 aliphatic heterocycles. The molecular weight excluding hydrogens is 336 g/mol. The third-order valence-corrected chi connectivity index (χ3v) is 4.02. The van der Waals surface area contributed by atoms with Gasteiger partial charge in [0, 0.05) is 5.88 Å². The van der Waals surface area contributed by atoms with Crippen LogP contribution in [-0.2, 0) is 19.1 Å². The standard InChI is InChI=1S/C21H19ClO3/c22-13-18-11-19(23)21(25-15-17-9-5-2-6-10-17)20(12-18)24-14-16-7-3-1-4-8-16/h1-12,23H,13-15H2. The van der Waals surface area contributed by atoms with Crippen molar-refractivity contribution in [2.75, 3.05) is 0 Å². The zero-order valence-electron chi connectivity index (χ0n) is 13.7. The van der Waals surface area contributed by atoms with Crippen molar-refractivity contribution in [1.29, 1.82) is 0 Å². The molecule has 3 aromatic rings. The lowest BCUT2D eigenvalue weighted by atomic mass is 10.2. The van der Waals surface area contributed by atoms with Crippen molar-refractivity contribution in [3.05, 3.63) is 89.5 Å². The zero-order chi connectivity index (χ0) is 17.5. The van der Waals surface area contributed by atoms with Gasteiger partial charge in [-0.25, -0.2) is 0 Å². The lowest BCUT2D eigenvalue weighted by Crippen LogP contribution is -2.01. The van der Waals surface area contributed by atoms with Crippen LogP contribution in [0.25, 0.3) is 0 Å². The normalized spacial score (nSPS) is 10.4. The van der Waals surface area contributed by atoms with E-state index in [4.69, 9.17) is 21.1 Å². The van der Waals surface area contributed by atoms with E-state index in [0.717, 1.165) is 16.7 Å². The minimum absolute atomic E-state index is 0.0251. The Morgan fingerprint density at radius 2 is 1.28 bits per heavy atom. The highest BCUT2D eigenvalue weighted by atomic mass is 35.5. The predicted molar refractivity (Wildman–Crippen MR) is 99.2 cm³/mol. The monoisotopic (exact) mass is 354 g/mol. The second-order valence-corrected chi connectivity index (χ2v) is 5.89. The smallest absolute Gasteiger partial charge is 0.203 e. The van der Waals surface area contributed by atoms with Crippen molar-refractivity contribution >= 4 is 11.6 Å². The number of halogens is 1. The second kappa shape index (κ2) is 8.45. The molecule has 0 heterocycles. The van der Waals surface area contributed by atoms with Crippen LogP contribution in [0.3, 0.4) is 0 Å². The first-order valence-corrected chi connectivity index (χ1v) is 8.55. The molecule has 0 aromatic heterocycles. The fourth-order valence-electron chi connectivity index (χ4n) is 2.44. The number of benzene rings is 3. The third-order valence-electron chi connectivity index (χ3n) is 3.71. The van der Waals surface area contributed by atoms with E-state index in [1.807, 2.05) is 60.7 Å². The van der Waals surface area contributed by atoms with Crippen LogP contribution >= 0.6 is 11.6 Å². The summed E-state index contributed by atoms with van der Waals surface area (Å²) in [6.45, 7) is 0.726. The van der Waals surface area contributed by atoms with E-state index in [0.29, 0.717) is 24.7 Å². The van der Waals surface area contributed by atoms with Gasteiger partial charge in [-0.2, -0.15) is 0 Å². The van der Waals surface area contributed by atoms with Crippen LogP contribution in [0.15, 0.2) is 72.8 Å².